The van der Waals surface area contributed by atoms with E-state index in [1.54, 1.807) is 0 Å². The maximum atomic E-state index is 9.00. The summed E-state index contributed by atoms with van der Waals surface area (Å²) in [7, 11) is 0. The van der Waals surface area contributed by atoms with Crippen LogP contribution in [-0.2, 0) is 0 Å². The molecule has 0 aromatic carbocycles. The van der Waals surface area contributed by atoms with Crippen LogP contribution in [0.2, 0.25) is 0 Å². The molecule has 0 aromatic rings. The van der Waals surface area contributed by atoms with Gasteiger partial charge in [0.2, 0.25) is 0 Å². The monoisotopic (exact) mass is 275 g/mol. The van der Waals surface area contributed by atoms with Crippen molar-refractivity contribution >= 4 is 0 Å². The molecule has 2 nitrogen and oxygen atoms in total. The largest absolute Gasteiger partial charge is 1.00 e. The summed E-state index contributed by atoms with van der Waals surface area (Å²) in [6.07, 6.45) is 3.73. The van der Waals surface area contributed by atoms with Crippen molar-refractivity contribution in [2.24, 2.45) is 5.41 Å². The van der Waals surface area contributed by atoms with Gasteiger partial charge in [0.15, 0.2) is 0 Å². The average Bonchev–Trinajstić information content (AvgIpc) is 2.46. The molecule has 2 rings (SSSR count). The Bertz CT molecular complexity index is 121. The minimum absolute atomic E-state index is 0. The van der Waals surface area contributed by atoms with Crippen molar-refractivity contribution in [3.8, 4) is 0 Å². The van der Waals surface area contributed by atoms with Crippen molar-refractivity contribution in [1.29, 1.82) is 0 Å². The van der Waals surface area contributed by atoms with Crippen molar-refractivity contribution in [2.75, 3.05) is 13.2 Å². The fourth-order valence-electron chi connectivity index (χ4n) is 2.10. The third kappa shape index (κ3) is 2.47. The van der Waals surface area contributed by atoms with Crippen molar-refractivity contribution in [2.45, 2.75) is 25.3 Å². The van der Waals surface area contributed by atoms with Crippen LogP contribution >= 0.6 is 0 Å². The zero-order chi connectivity index (χ0) is 6.32. The molecule has 1 aliphatic carbocycles. The molecule has 3 heteroatoms. The molecule has 2 fully saturated rings. The van der Waals surface area contributed by atoms with E-state index in [1.165, 1.54) is 19.3 Å². The minimum atomic E-state index is 0. The van der Waals surface area contributed by atoms with E-state index in [1.807, 2.05) is 0 Å². The molecule has 0 amide bonds. The van der Waals surface area contributed by atoms with E-state index in [2.05, 4.69) is 5.32 Å². The summed E-state index contributed by atoms with van der Waals surface area (Å²) in [5, 5.41) is 12.4. The summed E-state index contributed by atoms with van der Waals surface area (Å²) in [4.78, 5) is 0. The van der Waals surface area contributed by atoms with Gasteiger partial charge in [-0.15, -0.1) is 0 Å². The standard InChI is InChI=1S/C7H13NO.CH3.Cs/c9-5-7-2-1-6(3-7)8-4-7;;/h6,8-9H,1-5H2;1H3;/q;-1;+1. The number of piperidine rings is 1. The first kappa shape index (κ1) is 13.0. The minimum Gasteiger partial charge on any atom is -0.396 e. The molecule has 2 N–H and O–H groups in total. The van der Waals surface area contributed by atoms with Gasteiger partial charge in [0, 0.05) is 24.6 Å². The first-order valence-corrected chi connectivity index (χ1v) is 3.69. The van der Waals surface area contributed by atoms with Gasteiger partial charge in [0.1, 0.15) is 0 Å². The van der Waals surface area contributed by atoms with Gasteiger partial charge in [-0.1, -0.05) is 0 Å². The van der Waals surface area contributed by atoms with Gasteiger partial charge < -0.3 is 17.8 Å². The molecule has 1 saturated heterocycles. The first-order valence-electron chi connectivity index (χ1n) is 3.69. The summed E-state index contributed by atoms with van der Waals surface area (Å²) >= 11 is 0. The molecule has 11 heavy (non-hydrogen) atoms. The van der Waals surface area contributed by atoms with Crippen molar-refractivity contribution < 1.29 is 74.0 Å². The first-order chi connectivity index (χ1) is 4.35. The van der Waals surface area contributed by atoms with Gasteiger partial charge in [-0.25, -0.2) is 0 Å². The third-order valence-electron chi connectivity index (χ3n) is 2.80. The maximum absolute atomic E-state index is 9.00. The summed E-state index contributed by atoms with van der Waals surface area (Å²) in [6.45, 7) is 1.44. The smallest absolute Gasteiger partial charge is 0.396 e. The summed E-state index contributed by atoms with van der Waals surface area (Å²) in [5.74, 6) is 0. The van der Waals surface area contributed by atoms with Crippen LogP contribution in [0.25, 0.3) is 0 Å². The molecule has 2 atom stereocenters. The molecule has 60 valence electrons. The Kier molecular flexibility index (Phi) is 5.90. The van der Waals surface area contributed by atoms with E-state index in [0.717, 1.165) is 12.6 Å². The Morgan fingerprint density at radius 3 is 2.45 bits per heavy atom. The number of nitrogens with one attached hydrogen (secondary N) is 1. The Balaban J connectivity index is 0.000000500. The molecule has 0 radical (unpaired) electrons. The molecule has 1 aliphatic heterocycles. The Morgan fingerprint density at radius 1 is 1.55 bits per heavy atom. The summed E-state index contributed by atoms with van der Waals surface area (Å²) < 4.78 is 0. The number of rotatable bonds is 1. The van der Waals surface area contributed by atoms with Gasteiger partial charge >= 0.3 is 68.9 Å². The van der Waals surface area contributed by atoms with E-state index >= 15 is 0 Å². The fourth-order valence-corrected chi connectivity index (χ4v) is 2.10. The predicted octanol–water partition coefficient (Wildman–Crippen LogP) is -2.42. The second-order valence-electron chi connectivity index (χ2n) is 3.48. The number of aliphatic hydroxyl groups is 1. The number of aliphatic hydroxyl groups excluding tert-OH is 1. The van der Waals surface area contributed by atoms with Crippen LogP contribution in [-0.4, -0.2) is 24.3 Å². The Morgan fingerprint density at radius 2 is 2.27 bits per heavy atom. The van der Waals surface area contributed by atoms with E-state index < -0.39 is 0 Å². The van der Waals surface area contributed by atoms with Crippen LogP contribution in [0.5, 0.6) is 0 Å². The van der Waals surface area contributed by atoms with Gasteiger partial charge in [-0.05, 0) is 19.3 Å². The van der Waals surface area contributed by atoms with Gasteiger partial charge in [-0.2, -0.15) is 0 Å². The zero-order valence-electron chi connectivity index (χ0n) is 7.56. The molecule has 2 unspecified atom stereocenters. The molecular weight excluding hydrogens is 259 g/mol. The van der Waals surface area contributed by atoms with Gasteiger partial charge in [0.25, 0.3) is 0 Å². The van der Waals surface area contributed by atoms with Crippen LogP contribution < -0.4 is 74.2 Å². The van der Waals surface area contributed by atoms with Crippen LogP contribution in [0.15, 0.2) is 0 Å². The zero-order valence-corrected chi connectivity index (χ0v) is 13.8. The van der Waals surface area contributed by atoms with Crippen LogP contribution in [0.4, 0.5) is 0 Å². The number of fused-ring (bicyclic) bond motifs is 2. The molecule has 1 heterocycles. The molecule has 1 saturated carbocycles. The SMILES string of the molecule is OCC12CCC(C1)NC2.[CH3-].[Cs+]. The second kappa shape index (κ2) is 5.00. The quantitative estimate of drug-likeness (QED) is 0.522. The molecule has 0 aromatic heterocycles. The van der Waals surface area contributed by atoms with Crippen LogP contribution in [0.1, 0.15) is 19.3 Å². The molecule has 0 spiro atoms. The fraction of sp³-hybridized carbons (Fsp3) is 0.875. The van der Waals surface area contributed by atoms with E-state index in [-0.39, 0.29) is 76.3 Å². The van der Waals surface area contributed by atoms with Gasteiger partial charge in [-0.3, -0.25) is 0 Å². The van der Waals surface area contributed by atoms with Crippen LogP contribution in [0.3, 0.4) is 0 Å². The summed E-state index contributed by atoms with van der Waals surface area (Å²) in [6, 6.07) is 0.733. The molecule has 2 bridgehead atoms. The number of hydrogen-bond donors (Lipinski definition) is 2. The van der Waals surface area contributed by atoms with E-state index in [0.29, 0.717) is 12.0 Å². The third-order valence-corrected chi connectivity index (χ3v) is 2.80. The normalized spacial score (nSPS) is 39.5. The molecule has 2 aliphatic rings. The van der Waals surface area contributed by atoms with Crippen molar-refractivity contribution in [3.05, 3.63) is 7.43 Å². The Labute approximate surface area is 128 Å². The predicted molar refractivity (Wildman–Crippen MR) is 41.6 cm³/mol. The molecular formula is C8H16CsNO. The topological polar surface area (TPSA) is 32.3 Å². The van der Waals surface area contributed by atoms with Crippen molar-refractivity contribution in [1.82, 2.24) is 5.32 Å². The summed E-state index contributed by atoms with van der Waals surface area (Å²) in [5.41, 5.74) is 0.296. The van der Waals surface area contributed by atoms with Crippen LogP contribution in [0, 0.1) is 12.8 Å². The maximum Gasteiger partial charge on any atom is 1.00 e. The average molecular weight is 275 g/mol. The van der Waals surface area contributed by atoms with E-state index in [4.69, 9.17) is 5.11 Å². The second-order valence-corrected chi connectivity index (χ2v) is 3.48. The van der Waals surface area contributed by atoms with E-state index in [9.17, 15) is 0 Å². The number of hydrogen-bond acceptors (Lipinski definition) is 2. The Hall–Kier alpha value is 1.97. The van der Waals surface area contributed by atoms with Crippen molar-refractivity contribution in [3.63, 3.8) is 0 Å². The van der Waals surface area contributed by atoms with Gasteiger partial charge in [0.05, 0.1) is 0 Å².